The Bertz CT molecular complexity index is 654. The van der Waals surface area contributed by atoms with E-state index < -0.39 is 26.4 Å². The van der Waals surface area contributed by atoms with E-state index in [1.54, 1.807) is 13.8 Å². The minimum absolute atomic E-state index is 0.0872. The Hall–Kier alpha value is -1.05. The summed E-state index contributed by atoms with van der Waals surface area (Å²) in [6.07, 6.45) is 0.333. The molecule has 8 heteroatoms. The number of nitrogens with zero attached hydrogens (tertiary/aromatic N) is 2. The van der Waals surface area contributed by atoms with Gasteiger partial charge in [-0.3, -0.25) is 0 Å². The predicted octanol–water partition coefficient (Wildman–Crippen LogP) is 2.65. The van der Waals surface area contributed by atoms with Gasteiger partial charge < -0.3 is 4.52 Å². The highest BCUT2D eigenvalue weighted by molar-refractivity contribution is 7.93. The van der Waals surface area contributed by atoms with Gasteiger partial charge in [-0.2, -0.15) is 4.98 Å². The maximum atomic E-state index is 13.2. The molecule has 1 aromatic heterocycles. The summed E-state index contributed by atoms with van der Waals surface area (Å²) >= 11 is 0. The summed E-state index contributed by atoms with van der Waals surface area (Å²) in [5, 5.41) is 3.81. The molecule has 1 aromatic rings. The summed E-state index contributed by atoms with van der Waals surface area (Å²) in [6.45, 7) is 3.29. The molecule has 0 amide bonds. The quantitative estimate of drug-likeness (QED) is 0.837. The average Bonchev–Trinajstić information content (AvgIpc) is 2.99. The van der Waals surface area contributed by atoms with Crippen molar-refractivity contribution in [2.24, 2.45) is 0 Å². The van der Waals surface area contributed by atoms with Crippen LogP contribution in [0, 0.1) is 0 Å². The predicted molar refractivity (Wildman–Crippen MR) is 71.1 cm³/mol. The molecule has 0 aromatic carbocycles. The smallest absolute Gasteiger partial charge is 0.248 e. The van der Waals surface area contributed by atoms with Crippen molar-refractivity contribution in [2.75, 3.05) is 5.75 Å². The molecule has 21 heavy (non-hydrogen) atoms. The third kappa shape index (κ3) is 2.37. The SMILES string of the molecule is CC1(C)C(c2nc(C3CCC(F)(F)C3)no2)CCS1(=O)=O. The number of hydrogen-bond acceptors (Lipinski definition) is 5. The minimum Gasteiger partial charge on any atom is -0.339 e. The van der Waals surface area contributed by atoms with Crippen molar-refractivity contribution in [3.8, 4) is 0 Å². The molecule has 2 fully saturated rings. The third-order valence-corrected chi connectivity index (χ3v) is 7.50. The molecule has 1 aliphatic heterocycles. The van der Waals surface area contributed by atoms with Crippen LogP contribution in [-0.4, -0.2) is 35.0 Å². The average molecular weight is 320 g/mol. The molecule has 0 N–H and O–H groups in total. The highest BCUT2D eigenvalue weighted by Crippen LogP contribution is 2.46. The van der Waals surface area contributed by atoms with Gasteiger partial charge in [-0.15, -0.1) is 0 Å². The molecule has 1 aliphatic carbocycles. The van der Waals surface area contributed by atoms with Crippen molar-refractivity contribution in [3.05, 3.63) is 11.7 Å². The Morgan fingerprint density at radius 1 is 1.29 bits per heavy atom. The van der Waals surface area contributed by atoms with Crippen LogP contribution in [0.1, 0.15) is 63.1 Å². The Morgan fingerprint density at radius 2 is 2.00 bits per heavy atom. The van der Waals surface area contributed by atoms with E-state index in [1.807, 2.05) is 0 Å². The molecule has 2 heterocycles. The summed E-state index contributed by atoms with van der Waals surface area (Å²) in [7, 11) is -3.20. The van der Waals surface area contributed by atoms with Crippen LogP contribution in [-0.2, 0) is 9.84 Å². The monoisotopic (exact) mass is 320 g/mol. The molecule has 0 radical (unpaired) electrons. The highest BCUT2D eigenvalue weighted by atomic mass is 32.2. The molecule has 0 spiro atoms. The normalized spacial score (nSPS) is 33.3. The molecule has 1 saturated heterocycles. The lowest BCUT2D eigenvalue weighted by Crippen LogP contribution is -2.32. The van der Waals surface area contributed by atoms with Gasteiger partial charge in [0.15, 0.2) is 15.7 Å². The minimum atomic E-state index is -3.20. The summed E-state index contributed by atoms with van der Waals surface area (Å²) in [6, 6.07) is 0. The van der Waals surface area contributed by atoms with E-state index >= 15 is 0 Å². The molecule has 2 unspecified atom stereocenters. The van der Waals surface area contributed by atoms with Gasteiger partial charge in [0.25, 0.3) is 0 Å². The lowest BCUT2D eigenvalue weighted by Gasteiger charge is -2.22. The lowest BCUT2D eigenvalue weighted by atomic mass is 9.93. The van der Waals surface area contributed by atoms with E-state index in [9.17, 15) is 17.2 Å². The molecular formula is C13H18F2N2O3S. The van der Waals surface area contributed by atoms with E-state index in [0.29, 0.717) is 12.8 Å². The van der Waals surface area contributed by atoms with Gasteiger partial charge in [-0.1, -0.05) is 5.16 Å². The van der Waals surface area contributed by atoms with Crippen molar-refractivity contribution in [2.45, 2.75) is 62.0 Å². The Kier molecular flexibility index (Phi) is 3.17. The molecule has 3 rings (SSSR count). The van der Waals surface area contributed by atoms with Crippen LogP contribution >= 0.6 is 0 Å². The summed E-state index contributed by atoms with van der Waals surface area (Å²) in [5.74, 6) is -2.82. The molecule has 2 aliphatic rings. The van der Waals surface area contributed by atoms with Gasteiger partial charge >= 0.3 is 0 Å². The van der Waals surface area contributed by atoms with Crippen LogP contribution in [0.2, 0.25) is 0 Å². The van der Waals surface area contributed by atoms with E-state index in [0.717, 1.165) is 0 Å². The molecule has 0 bridgehead atoms. The third-order valence-electron chi connectivity index (χ3n) is 4.84. The maximum Gasteiger partial charge on any atom is 0.248 e. The zero-order chi connectivity index (χ0) is 15.5. The van der Waals surface area contributed by atoms with Crippen molar-refractivity contribution in [1.29, 1.82) is 0 Å². The van der Waals surface area contributed by atoms with Gasteiger partial charge in [0.1, 0.15) is 0 Å². The fraction of sp³-hybridized carbons (Fsp3) is 0.846. The van der Waals surface area contributed by atoms with Gasteiger partial charge in [0, 0.05) is 18.8 Å². The molecular weight excluding hydrogens is 302 g/mol. The van der Waals surface area contributed by atoms with E-state index in [-0.39, 0.29) is 36.2 Å². The lowest BCUT2D eigenvalue weighted by molar-refractivity contribution is 0.00749. The van der Waals surface area contributed by atoms with Crippen LogP contribution in [0.5, 0.6) is 0 Å². The first-order valence-corrected chi connectivity index (χ1v) is 8.71. The first-order chi connectivity index (χ1) is 9.62. The molecule has 5 nitrogen and oxygen atoms in total. The number of halogens is 2. The fourth-order valence-electron chi connectivity index (χ4n) is 3.25. The fourth-order valence-corrected chi connectivity index (χ4v) is 4.97. The van der Waals surface area contributed by atoms with E-state index in [1.165, 1.54) is 0 Å². The molecule has 118 valence electrons. The Balaban J connectivity index is 1.84. The molecule has 1 saturated carbocycles. The number of alkyl halides is 2. The van der Waals surface area contributed by atoms with Gasteiger partial charge in [-0.25, -0.2) is 17.2 Å². The van der Waals surface area contributed by atoms with Crippen LogP contribution in [0.4, 0.5) is 8.78 Å². The second-order valence-electron chi connectivity index (χ2n) is 6.55. The number of hydrogen-bond donors (Lipinski definition) is 0. The zero-order valence-electron chi connectivity index (χ0n) is 12.0. The van der Waals surface area contributed by atoms with Crippen LogP contribution in [0.15, 0.2) is 4.52 Å². The number of sulfone groups is 1. The van der Waals surface area contributed by atoms with Gasteiger partial charge in [-0.05, 0) is 26.7 Å². The Morgan fingerprint density at radius 3 is 2.52 bits per heavy atom. The maximum absolute atomic E-state index is 13.2. The second-order valence-corrected chi connectivity index (χ2v) is 9.24. The zero-order valence-corrected chi connectivity index (χ0v) is 12.8. The van der Waals surface area contributed by atoms with Gasteiger partial charge in [0.2, 0.25) is 11.8 Å². The van der Waals surface area contributed by atoms with Crippen molar-refractivity contribution in [3.63, 3.8) is 0 Å². The van der Waals surface area contributed by atoms with Crippen LogP contribution < -0.4 is 0 Å². The largest absolute Gasteiger partial charge is 0.339 e. The molecule has 2 atom stereocenters. The van der Waals surface area contributed by atoms with Crippen molar-refractivity contribution in [1.82, 2.24) is 10.1 Å². The van der Waals surface area contributed by atoms with Gasteiger partial charge in [0.05, 0.1) is 16.4 Å². The Labute approximate surface area is 122 Å². The first kappa shape index (κ1) is 14.9. The standard InChI is InChI=1S/C13H18F2N2O3S/c1-12(2)9(4-6-21(12,18)19)11-16-10(17-20-11)8-3-5-13(14,15)7-8/h8-9H,3-7H2,1-2H3. The number of rotatable bonds is 2. The van der Waals surface area contributed by atoms with Crippen LogP contribution in [0.3, 0.4) is 0 Å². The van der Waals surface area contributed by atoms with E-state index in [4.69, 9.17) is 4.52 Å². The summed E-state index contributed by atoms with van der Waals surface area (Å²) < 4.78 is 54.8. The topological polar surface area (TPSA) is 73.1 Å². The summed E-state index contributed by atoms with van der Waals surface area (Å²) in [5.41, 5.74) is 0. The van der Waals surface area contributed by atoms with Crippen LogP contribution in [0.25, 0.3) is 0 Å². The number of aromatic nitrogens is 2. The van der Waals surface area contributed by atoms with E-state index in [2.05, 4.69) is 10.1 Å². The highest BCUT2D eigenvalue weighted by Gasteiger charge is 2.51. The van der Waals surface area contributed by atoms with Crippen molar-refractivity contribution >= 4 is 9.84 Å². The second kappa shape index (κ2) is 4.47. The first-order valence-electron chi connectivity index (χ1n) is 7.06. The van der Waals surface area contributed by atoms with Crippen molar-refractivity contribution < 1.29 is 21.7 Å². The summed E-state index contributed by atoms with van der Waals surface area (Å²) in [4.78, 5) is 4.23.